The average molecular weight is 233 g/mol. The molecule has 1 aliphatic rings. The zero-order valence-corrected chi connectivity index (χ0v) is 11.3. The zero-order chi connectivity index (χ0) is 12.5. The van der Waals surface area contributed by atoms with Gasteiger partial charge in [0.15, 0.2) is 0 Å². The Kier molecular flexibility index (Phi) is 3.55. The van der Waals surface area contributed by atoms with Gasteiger partial charge in [0.05, 0.1) is 12.7 Å². The van der Waals surface area contributed by atoms with E-state index in [0.717, 1.165) is 19.6 Å². The second kappa shape index (κ2) is 4.79. The first-order valence-corrected chi connectivity index (χ1v) is 6.40. The van der Waals surface area contributed by atoms with Crippen LogP contribution in [0.2, 0.25) is 0 Å². The molecule has 17 heavy (non-hydrogen) atoms. The van der Waals surface area contributed by atoms with Crippen LogP contribution >= 0.6 is 0 Å². The number of rotatable bonds is 2. The standard InChI is InChI=1S/C15H23NO/c1-11-6-5-7-13(12(11)2)8-14-9-16-15(3,4)10-17-14/h5-7,14,16H,8-10H2,1-4H3. The van der Waals surface area contributed by atoms with Crippen molar-refractivity contribution in [1.82, 2.24) is 5.32 Å². The van der Waals surface area contributed by atoms with Gasteiger partial charge >= 0.3 is 0 Å². The van der Waals surface area contributed by atoms with Crippen LogP contribution in [-0.2, 0) is 11.2 Å². The van der Waals surface area contributed by atoms with Crippen molar-refractivity contribution in [2.24, 2.45) is 0 Å². The molecule has 0 spiro atoms. The summed E-state index contributed by atoms with van der Waals surface area (Å²) in [5, 5.41) is 3.54. The average Bonchev–Trinajstić information content (AvgIpc) is 2.27. The zero-order valence-electron chi connectivity index (χ0n) is 11.3. The number of hydrogen-bond donors (Lipinski definition) is 1. The predicted octanol–water partition coefficient (Wildman–Crippen LogP) is 2.61. The highest BCUT2D eigenvalue weighted by molar-refractivity contribution is 5.33. The van der Waals surface area contributed by atoms with E-state index in [-0.39, 0.29) is 5.54 Å². The topological polar surface area (TPSA) is 21.3 Å². The van der Waals surface area contributed by atoms with Crippen molar-refractivity contribution >= 4 is 0 Å². The molecule has 1 atom stereocenters. The summed E-state index contributed by atoms with van der Waals surface area (Å²) in [5.41, 5.74) is 4.31. The van der Waals surface area contributed by atoms with Crippen LogP contribution in [0.5, 0.6) is 0 Å². The lowest BCUT2D eigenvalue weighted by Crippen LogP contribution is -2.53. The molecule has 1 aromatic rings. The van der Waals surface area contributed by atoms with Gasteiger partial charge in [-0.15, -0.1) is 0 Å². The molecule has 0 aromatic heterocycles. The smallest absolute Gasteiger partial charge is 0.0740 e. The van der Waals surface area contributed by atoms with Crippen LogP contribution < -0.4 is 5.32 Å². The lowest BCUT2D eigenvalue weighted by Gasteiger charge is -2.36. The van der Waals surface area contributed by atoms with Gasteiger partial charge in [-0.3, -0.25) is 0 Å². The molecule has 1 unspecified atom stereocenters. The maximum Gasteiger partial charge on any atom is 0.0740 e. The third-order valence-corrected chi connectivity index (χ3v) is 3.65. The molecular weight excluding hydrogens is 210 g/mol. The minimum Gasteiger partial charge on any atom is -0.375 e. The van der Waals surface area contributed by atoms with Crippen LogP contribution in [0.1, 0.15) is 30.5 Å². The highest BCUT2D eigenvalue weighted by Gasteiger charge is 2.26. The van der Waals surface area contributed by atoms with Crippen molar-refractivity contribution in [3.05, 3.63) is 34.9 Å². The summed E-state index contributed by atoms with van der Waals surface area (Å²) >= 11 is 0. The summed E-state index contributed by atoms with van der Waals surface area (Å²) in [6.45, 7) is 10.5. The molecule has 0 bridgehead atoms. The monoisotopic (exact) mass is 233 g/mol. The van der Waals surface area contributed by atoms with Gasteiger partial charge in [-0.05, 0) is 44.4 Å². The first kappa shape index (κ1) is 12.6. The van der Waals surface area contributed by atoms with Crippen molar-refractivity contribution in [2.75, 3.05) is 13.2 Å². The molecule has 1 fully saturated rings. The number of aryl methyl sites for hydroxylation is 1. The fourth-order valence-corrected chi connectivity index (χ4v) is 2.24. The quantitative estimate of drug-likeness (QED) is 0.848. The van der Waals surface area contributed by atoms with Crippen LogP contribution in [0.4, 0.5) is 0 Å². The number of nitrogens with one attached hydrogen (secondary N) is 1. The lowest BCUT2D eigenvalue weighted by atomic mass is 9.97. The van der Waals surface area contributed by atoms with Crippen molar-refractivity contribution in [2.45, 2.75) is 45.8 Å². The van der Waals surface area contributed by atoms with E-state index in [1.165, 1.54) is 16.7 Å². The van der Waals surface area contributed by atoms with E-state index in [0.29, 0.717) is 6.10 Å². The summed E-state index contributed by atoms with van der Waals surface area (Å²) in [6, 6.07) is 6.52. The van der Waals surface area contributed by atoms with E-state index in [2.05, 4.69) is 51.2 Å². The molecule has 2 rings (SSSR count). The summed E-state index contributed by atoms with van der Waals surface area (Å²) in [5.74, 6) is 0. The molecule has 0 aliphatic carbocycles. The molecule has 94 valence electrons. The van der Waals surface area contributed by atoms with Gasteiger partial charge in [0, 0.05) is 18.5 Å². The molecule has 2 heteroatoms. The van der Waals surface area contributed by atoms with Crippen molar-refractivity contribution in [1.29, 1.82) is 0 Å². The summed E-state index contributed by atoms with van der Waals surface area (Å²) in [6.07, 6.45) is 1.32. The van der Waals surface area contributed by atoms with Crippen molar-refractivity contribution in [3.63, 3.8) is 0 Å². The van der Waals surface area contributed by atoms with Crippen LogP contribution in [0.15, 0.2) is 18.2 Å². The Bertz CT molecular complexity index is 388. The molecule has 1 aromatic carbocycles. The molecule has 1 saturated heterocycles. The third kappa shape index (κ3) is 3.08. The molecule has 0 radical (unpaired) electrons. The number of benzene rings is 1. The predicted molar refractivity (Wildman–Crippen MR) is 71.4 cm³/mol. The number of ether oxygens (including phenoxy) is 1. The van der Waals surface area contributed by atoms with E-state index in [4.69, 9.17) is 4.74 Å². The van der Waals surface area contributed by atoms with Crippen LogP contribution in [0.3, 0.4) is 0 Å². The van der Waals surface area contributed by atoms with Gasteiger partial charge in [0.25, 0.3) is 0 Å². The van der Waals surface area contributed by atoms with Gasteiger partial charge in [0.2, 0.25) is 0 Å². The van der Waals surface area contributed by atoms with Crippen LogP contribution in [0, 0.1) is 13.8 Å². The normalized spacial score (nSPS) is 23.6. The highest BCUT2D eigenvalue weighted by Crippen LogP contribution is 2.18. The Morgan fingerprint density at radius 2 is 2.12 bits per heavy atom. The van der Waals surface area contributed by atoms with Gasteiger partial charge in [-0.2, -0.15) is 0 Å². The largest absolute Gasteiger partial charge is 0.375 e. The third-order valence-electron chi connectivity index (χ3n) is 3.65. The molecule has 1 N–H and O–H groups in total. The highest BCUT2D eigenvalue weighted by atomic mass is 16.5. The maximum absolute atomic E-state index is 5.93. The minimum absolute atomic E-state index is 0.123. The Balaban J connectivity index is 2.00. The second-order valence-electron chi connectivity index (χ2n) is 5.76. The molecule has 1 heterocycles. The van der Waals surface area contributed by atoms with Crippen LogP contribution in [0.25, 0.3) is 0 Å². The maximum atomic E-state index is 5.93. The lowest BCUT2D eigenvalue weighted by molar-refractivity contribution is -0.0207. The fraction of sp³-hybridized carbons (Fsp3) is 0.600. The van der Waals surface area contributed by atoms with Crippen molar-refractivity contribution in [3.8, 4) is 0 Å². The van der Waals surface area contributed by atoms with Gasteiger partial charge in [0.1, 0.15) is 0 Å². The van der Waals surface area contributed by atoms with E-state index in [1.54, 1.807) is 0 Å². The van der Waals surface area contributed by atoms with Gasteiger partial charge in [-0.1, -0.05) is 18.2 Å². The Labute approximate surface area is 104 Å². The molecular formula is C15H23NO. The van der Waals surface area contributed by atoms with Crippen molar-refractivity contribution < 1.29 is 4.74 Å². The Hall–Kier alpha value is -0.860. The van der Waals surface area contributed by atoms with E-state index in [9.17, 15) is 0 Å². The van der Waals surface area contributed by atoms with Crippen LogP contribution in [-0.4, -0.2) is 24.8 Å². The minimum atomic E-state index is 0.123. The molecule has 1 aliphatic heterocycles. The van der Waals surface area contributed by atoms with E-state index < -0.39 is 0 Å². The summed E-state index contributed by atoms with van der Waals surface area (Å²) in [7, 11) is 0. The number of hydrogen-bond acceptors (Lipinski definition) is 2. The Morgan fingerprint density at radius 1 is 1.35 bits per heavy atom. The first-order valence-electron chi connectivity index (χ1n) is 6.40. The Morgan fingerprint density at radius 3 is 2.76 bits per heavy atom. The van der Waals surface area contributed by atoms with E-state index in [1.807, 2.05) is 0 Å². The van der Waals surface area contributed by atoms with Gasteiger partial charge in [-0.25, -0.2) is 0 Å². The van der Waals surface area contributed by atoms with Gasteiger partial charge < -0.3 is 10.1 Å². The summed E-state index contributed by atoms with van der Waals surface area (Å²) in [4.78, 5) is 0. The summed E-state index contributed by atoms with van der Waals surface area (Å²) < 4.78 is 5.93. The SMILES string of the molecule is Cc1cccc(CC2CNC(C)(C)CO2)c1C. The van der Waals surface area contributed by atoms with E-state index >= 15 is 0 Å². The fourth-order valence-electron chi connectivity index (χ4n) is 2.24. The molecule has 0 saturated carbocycles. The number of morpholine rings is 1. The molecule has 0 amide bonds. The second-order valence-corrected chi connectivity index (χ2v) is 5.76. The molecule has 2 nitrogen and oxygen atoms in total. The first-order chi connectivity index (χ1) is 7.98.